The number of carboxylic acids is 1. The third-order valence-electron chi connectivity index (χ3n) is 1.52. The number of carbonyl (C=O) groups is 2. The van der Waals surface area contributed by atoms with Crippen molar-refractivity contribution in [1.82, 2.24) is 10.6 Å². The van der Waals surface area contributed by atoms with Crippen LogP contribution >= 0.6 is 0 Å². The van der Waals surface area contributed by atoms with Gasteiger partial charge in [0.25, 0.3) is 0 Å². The van der Waals surface area contributed by atoms with Crippen LogP contribution in [0.25, 0.3) is 0 Å². The first-order valence-corrected chi connectivity index (χ1v) is 3.40. The fraction of sp³-hybridized carbons (Fsp3) is 0.667. The average molecular weight is 158 g/mol. The van der Waals surface area contributed by atoms with E-state index in [0.717, 1.165) is 0 Å². The lowest BCUT2D eigenvalue weighted by Gasteiger charge is -2.05. The summed E-state index contributed by atoms with van der Waals surface area (Å²) in [6, 6.07) is -0.0152. The summed E-state index contributed by atoms with van der Waals surface area (Å²) in [5.41, 5.74) is 0. The largest absolute Gasteiger partial charge is 0.480 e. The molecule has 1 rings (SSSR count). The van der Waals surface area contributed by atoms with Gasteiger partial charge in [-0.1, -0.05) is 0 Å². The van der Waals surface area contributed by atoms with Gasteiger partial charge in [0.15, 0.2) is 0 Å². The van der Waals surface area contributed by atoms with Crippen molar-refractivity contribution in [2.45, 2.75) is 12.5 Å². The molecule has 1 amide bonds. The highest BCUT2D eigenvalue weighted by Gasteiger charge is 2.20. The van der Waals surface area contributed by atoms with E-state index in [1.807, 2.05) is 0 Å². The normalized spacial score (nSPS) is 23.3. The summed E-state index contributed by atoms with van der Waals surface area (Å²) in [6.07, 6.45) is 0.382. The highest BCUT2D eigenvalue weighted by molar-refractivity contribution is 5.79. The highest BCUT2D eigenvalue weighted by Crippen LogP contribution is 1.97. The van der Waals surface area contributed by atoms with E-state index in [0.29, 0.717) is 13.0 Å². The summed E-state index contributed by atoms with van der Waals surface area (Å²) in [5, 5.41) is 13.6. The third-order valence-corrected chi connectivity index (χ3v) is 1.52. The van der Waals surface area contributed by atoms with Crippen molar-refractivity contribution >= 4 is 11.9 Å². The summed E-state index contributed by atoms with van der Waals surface area (Å²) >= 11 is 0. The molecular formula is C6H10N2O3. The van der Waals surface area contributed by atoms with Crippen LogP contribution in [0.3, 0.4) is 0 Å². The van der Waals surface area contributed by atoms with Gasteiger partial charge < -0.3 is 15.7 Å². The van der Waals surface area contributed by atoms with Gasteiger partial charge in [-0.15, -0.1) is 0 Å². The molecule has 11 heavy (non-hydrogen) atoms. The third kappa shape index (κ3) is 2.55. The van der Waals surface area contributed by atoms with E-state index < -0.39 is 5.97 Å². The first-order valence-electron chi connectivity index (χ1n) is 3.40. The first kappa shape index (κ1) is 8.00. The number of amides is 1. The number of hydrogen-bond acceptors (Lipinski definition) is 3. The molecular weight excluding hydrogens is 148 g/mol. The molecule has 0 bridgehead atoms. The second-order valence-electron chi connectivity index (χ2n) is 2.48. The summed E-state index contributed by atoms with van der Waals surface area (Å²) < 4.78 is 0. The molecule has 1 aliphatic rings. The zero-order chi connectivity index (χ0) is 8.27. The average Bonchev–Trinajstić information content (AvgIpc) is 2.31. The monoisotopic (exact) mass is 158 g/mol. The van der Waals surface area contributed by atoms with Crippen LogP contribution < -0.4 is 10.6 Å². The van der Waals surface area contributed by atoms with E-state index in [2.05, 4.69) is 10.6 Å². The van der Waals surface area contributed by atoms with Crippen LogP contribution in [0.4, 0.5) is 0 Å². The lowest BCUT2D eigenvalue weighted by atomic mass is 10.2. The van der Waals surface area contributed by atoms with E-state index in [-0.39, 0.29) is 18.5 Å². The zero-order valence-corrected chi connectivity index (χ0v) is 5.96. The molecule has 0 saturated carbocycles. The SMILES string of the molecule is O=C(O)CNC1CNC(=O)C1. The van der Waals surface area contributed by atoms with Crippen LogP contribution in [0.1, 0.15) is 6.42 Å². The number of carbonyl (C=O) groups excluding carboxylic acids is 1. The summed E-state index contributed by atoms with van der Waals surface area (Å²) in [7, 11) is 0. The van der Waals surface area contributed by atoms with Gasteiger partial charge >= 0.3 is 5.97 Å². The summed E-state index contributed by atoms with van der Waals surface area (Å²) in [4.78, 5) is 20.7. The topological polar surface area (TPSA) is 78.4 Å². The molecule has 1 aliphatic heterocycles. The van der Waals surface area contributed by atoms with E-state index >= 15 is 0 Å². The minimum atomic E-state index is -0.899. The van der Waals surface area contributed by atoms with Crippen molar-refractivity contribution in [3.8, 4) is 0 Å². The van der Waals surface area contributed by atoms with Crippen LogP contribution in [0, 0.1) is 0 Å². The van der Waals surface area contributed by atoms with Gasteiger partial charge in [-0.25, -0.2) is 0 Å². The Labute approximate surface area is 63.8 Å². The highest BCUT2D eigenvalue weighted by atomic mass is 16.4. The Hall–Kier alpha value is -1.10. The molecule has 1 fully saturated rings. The van der Waals surface area contributed by atoms with Gasteiger partial charge in [0.2, 0.25) is 5.91 Å². The van der Waals surface area contributed by atoms with Gasteiger partial charge in [-0.3, -0.25) is 9.59 Å². The lowest BCUT2D eigenvalue weighted by molar-refractivity contribution is -0.136. The van der Waals surface area contributed by atoms with Crippen molar-refractivity contribution in [2.75, 3.05) is 13.1 Å². The molecule has 1 heterocycles. The van der Waals surface area contributed by atoms with Crippen LogP contribution in [-0.4, -0.2) is 36.1 Å². The van der Waals surface area contributed by atoms with Crippen molar-refractivity contribution in [2.24, 2.45) is 0 Å². The van der Waals surface area contributed by atoms with Crippen LogP contribution in [0.5, 0.6) is 0 Å². The van der Waals surface area contributed by atoms with Crippen molar-refractivity contribution < 1.29 is 14.7 Å². The van der Waals surface area contributed by atoms with Gasteiger partial charge in [0, 0.05) is 19.0 Å². The van der Waals surface area contributed by atoms with E-state index in [4.69, 9.17) is 5.11 Å². The maximum absolute atomic E-state index is 10.6. The minimum absolute atomic E-state index is 0.0152. The van der Waals surface area contributed by atoms with E-state index in [1.165, 1.54) is 0 Å². The van der Waals surface area contributed by atoms with E-state index in [1.54, 1.807) is 0 Å². The van der Waals surface area contributed by atoms with E-state index in [9.17, 15) is 9.59 Å². The standard InChI is InChI=1S/C6H10N2O3/c9-5-1-4(2-8-5)7-3-6(10)11/h4,7H,1-3H2,(H,8,9)(H,10,11). The first-order chi connectivity index (χ1) is 5.18. The van der Waals surface area contributed by atoms with Crippen LogP contribution in [-0.2, 0) is 9.59 Å². The molecule has 1 atom stereocenters. The molecule has 0 radical (unpaired) electrons. The Kier molecular flexibility index (Phi) is 2.43. The van der Waals surface area contributed by atoms with Crippen LogP contribution in [0.2, 0.25) is 0 Å². The van der Waals surface area contributed by atoms with Crippen molar-refractivity contribution in [3.63, 3.8) is 0 Å². The summed E-state index contributed by atoms with van der Waals surface area (Å²) in [6.45, 7) is 0.450. The van der Waals surface area contributed by atoms with Gasteiger partial charge in [-0.05, 0) is 0 Å². The fourth-order valence-corrected chi connectivity index (χ4v) is 0.981. The molecule has 1 saturated heterocycles. The van der Waals surface area contributed by atoms with Gasteiger partial charge in [0.1, 0.15) is 0 Å². The molecule has 0 aromatic rings. The maximum atomic E-state index is 10.6. The Morgan fingerprint density at radius 2 is 2.55 bits per heavy atom. The number of nitrogens with one attached hydrogen (secondary N) is 2. The number of rotatable bonds is 3. The predicted molar refractivity (Wildman–Crippen MR) is 37.1 cm³/mol. The second-order valence-corrected chi connectivity index (χ2v) is 2.48. The second kappa shape index (κ2) is 3.34. The lowest BCUT2D eigenvalue weighted by Crippen LogP contribution is -2.34. The molecule has 0 aromatic heterocycles. The smallest absolute Gasteiger partial charge is 0.317 e. The molecule has 5 heteroatoms. The molecule has 0 spiro atoms. The zero-order valence-electron chi connectivity index (χ0n) is 5.96. The Bertz CT molecular complexity index is 181. The molecule has 0 aromatic carbocycles. The Morgan fingerprint density at radius 3 is 3.00 bits per heavy atom. The van der Waals surface area contributed by atoms with Crippen LogP contribution in [0.15, 0.2) is 0 Å². The quantitative estimate of drug-likeness (QED) is 0.469. The van der Waals surface area contributed by atoms with Crippen molar-refractivity contribution in [3.05, 3.63) is 0 Å². The Morgan fingerprint density at radius 1 is 1.82 bits per heavy atom. The molecule has 62 valence electrons. The molecule has 5 nitrogen and oxygen atoms in total. The molecule has 0 aliphatic carbocycles. The Balaban J connectivity index is 2.18. The van der Waals surface area contributed by atoms with Gasteiger partial charge in [-0.2, -0.15) is 0 Å². The minimum Gasteiger partial charge on any atom is -0.480 e. The number of carboxylic acid groups (broad SMARTS) is 1. The molecule has 1 unspecified atom stereocenters. The van der Waals surface area contributed by atoms with Gasteiger partial charge in [0.05, 0.1) is 6.54 Å². The number of hydrogen-bond donors (Lipinski definition) is 3. The predicted octanol–water partition coefficient (Wildman–Crippen LogP) is -1.45. The fourth-order valence-electron chi connectivity index (χ4n) is 0.981. The maximum Gasteiger partial charge on any atom is 0.317 e. The summed E-state index contributed by atoms with van der Waals surface area (Å²) in [5.74, 6) is -0.919. The van der Waals surface area contributed by atoms with Crippen molar-refractivity contribution in [1.29, 1.82) is 0 Å². The molecule has 3 N–H and O–H groups in total. The number of aliphatic carboxylic acids is 1.